The summed E-state index contributed by atoms with van der Waals surface area (Å²) in [6, 6.07) is 9.87. The van der Waals surface area contributed by atoms with Crippen molar-refractivity contribution >= 4 is 0 Å². The Kier molecular flexibility index (Phi) is 2.50. The van der Waals surface area contributed by atoms with Gasteiger partial charge >= 0.3 is 0 Å². The van der Waals surface area contributed by atoms with Crippen molar-refractivity contribution in [3.8, 4) is 5.75 Å². The van der Waals surface area contributed by atoms with E-state index >= 15 is 0 Å². The van der Waals surface area contributed by atoms with Gasteiger partial charge in [0.05, 0.1) is 6.10 Å². The molecular formula is C11H14O2. The first kappa shape index (κ1) is 8.57. The number of benzene rings is 1. The summed E-state index contributed by atoms with van der Waals surface area (Å²) in [4.78, 5) is 0. The smallest absolute Gasteiger partial charge is 0.122 e. The second-order valence-electron chi connectivity index (χ2n) is 3.33. The minimum Gasteiger partial charge on any atom is -0.488 e. The second-order valence-corrected chi connectivity index (χ2v) is 3.33. The van der Waals surface area contributed by atoms with Crippen molar-refractivity contribution in [3.05, 3.63) is 30.3 Å². The molecule has 0 amide bonds. The molecule has 1 aliphatic heterocycles. The van der Waals surface area contributed by atoms with Gasteiger partial charge in [0, 0.05) is 13.0 Å². The monoisotopic (exact) mass is 178 g/mol. The molecule has 13 heavy (non-hydrogen) atoms. The van der Waals surface area contributed by atoms with E-state index in [1.54, 1.807) is 0 Å². The van der Waals surface area contributed by atoms with Gasteiger partial charge in [0.25, 0.3) is 0 Å². The molecule has 2 nitrogen and oxygen atoms in total. The van der Waals surface area contributed by atoms with E-state index in [-0.39, 0.29) is 6.10 Å². The van der Waals surface area contributed by atoms with E-state index in [4.69, 9.17) is 9.47 Å². The Bertz CT molecular complexity index is 254. The third-order valence-electron chi connectivity index (χ3n) is 2.32. The third-order valence-corrected chi connectivity index (χ3v) is 2.32. The Morgan fingerprint density at radius 3 is 2.62 bits per heavy atom. The van der Waals surface area contributed by atoms with Crippen LogP contribution in [-0.4, -0.2) is 18.8 Å². The lowest BCUT2D eigenvalue weighted by molar-refractivity contribution is -0.102. The van der Waals surface area contributed by atoms with Crippen molar-refractivity contribution in [1.29, 1.82) is 0 Å². The zero-order valence-corrected chi connectivity index (χ0v) is 7.77. The summed E-state index contributed by atoms with van der Waals surface area (Å²) in [5, 5.41) is 0. The van der Waals surface area contributed by atoms with Crippen molar-refractivity contribution in [1.82, 2.24) is 0 Å². The molecule has 0 bridgehead atoms. The van der Waals surface area contributed by atoms with E-state index < -0.39 is 0 Å². The van der Waals surface area contributed by atoms with Gasteiger partial charge in [-0.15, -0.1) is 0 Å². The molecule has 1 aromatic rings. The predicted molar refractivity (Wildman–Crippen MR) is 50.9 cm³/mol. The fourth-order valence-electron chi connectivity index (χ4n) is 1.41. The zero-order valence-electron chi connectivity index (χ0n) is 7.77. The van der Waals surface area contributed by atoms with Gasteiger partial charge < -0.3 is 9.47 Å². The van der Waals surface area contributed by atoms with Gasteiger partial charge in [-0.3, -0.25) is 0 Å². The maximum absolute atomic E-state index is 5.69. The summed E-state index contributed by atoms with van der Waals surface area (Å²) in [5.74, 6) is 0.922. The van der Waals surface area contributed by atoms with Crippen LogP contribution in [0.4, 0.5) is 0 Å². The van der Waals surface area contributed by atoms with Crippen LogP contribution in [0.3, 0.4) is 0 Å². The van der Waals surface area contributed by atoms with Crippen LogP contribution >= 0.6 is 0 Å². The van der Waals surface area contributed by atoms with E-state index in [0.717, 1.165) is 18.8 Å². The van der Waals surface area contributed by atoms with Crippen LogP contribution in [0, 0.1) is 0 Å². The van der Waals surface area contributed by atoms with Gasteiger partial charge in [0.15, 0.2) is 0 Å². The fraction of sp³-hybridized carbons (Fsp3) is 0.455. The normalized spacial score (nSPS) is 23.3. The highest BCUT2D eigenvalue weighted by Gasteiger charge is 2.26. The molecule has 0 N–H and O–H groups in total. The molecular weight excluding hydrogens is 164 g/mol. The molecule has 1 heterocycles. The van der Waals surface area contributed by atoms with Crippen LogP contribution in [0.15, 0.2) is 30.3 Å². The van der Waals surface area contributed by atoms with Crippen molar-refractivity contribution in [2.75, 3.05) is 6.61 Å². The van der Waals surface area contributed by atoms with E-state index in [1.807, 2.05) is 30.3 Å². The number of hydrogen-bond acceptors (Lipinski definition) is 2. The molecule has 0 aromatic heterocycles. The summed E-state index contributed by atoms with van der Waals surface area (Å²) in [7, 11) is 0. The molecule has 70 valence electrons. The largest absolute Gasteiger partial charge is 0.488 e. The number of para-hydroxylation sites is 1. The summed E-state index contributed by atoms with van der Waals surface area (Å²) in [6.45, 7) is 2.93. The Hall–Kier alpha value is -1.02. The minimum absolute atomic E-state index is 0.163. The van der Waals surface area contributed by atoms with Crippen LogP contribution in [-0.2, 0) is 4.74 Å². The summed E-state index contributed by atoms with van der Waals surface area (Å²) in [6.07, 6.45) is 1.57. The first-order valence-corrected chi connectivity index (χ1v) is 4.69. The van der Waals surface area contributed by atoms with Gasteiger partial charge in [0.2, 0.25) is 0 Å². The first-order valence-electron chi connectivity index (χ1n) is 4.69. The molecule has 2 rings (SSSR count). The molecule has 0 spiro atoms. The van der Waals surface area contributed by atoms with Crippen LogP contribution in [0.25, 0.3) is 0 Å². The molecule has 2 heteroatoms. The zero-order chi connectivity index (χ0) is 9.10. The lowest BCUT2D eigenvalue weighted by Gasteiger charge is -2.31. The summed E-state index contributed by atoms with van der Waals surface area (Å²) >= 11 is 0. The highest BCUT2D eigenvalue weighted by atomic mass is 16.6. The molecule has 2 atom stereocenters. The molecule has 1 fully saturated rings. The number of hydrogen-bond donors (Lipinski definition) is 0. The van der Waals surface area contributed by atoms with E-state index in [0.29, 0.717) is 6.10 Å². The molecule has 0 radical (unpaired) electrons. The molecule has 1 aliphatic rings. The average molecular weight is 178 g/mol. The second kappa shape index (κ2) is 3.79. The lowest BCUT2D eigenvalue weighted by Crippen LogP contribution is -2.39. The standard InChI is InChI=1S/C11H14O2/c1-9(11-7-8-12-11)13-10-5-3-2-4-6-10/h2-6,9,11H,7-8H2,1H3. The summed E-state index contributed by atoms with van der Waals surface area (Å²) < 4.78 is 11.0. The average Bonchev–Trinajstić information content (AvgIpc) is 2.02. The first-order chi connectivity index (χ1) is 6.36. The van der Waals surface area contributed by atoms with Gasteiger partial charge in [-0.2, -0.15) is 0 Å². The summed E-state index contributed by atoms with van der Waals surface area (Å²) in [5.41, 5.74) is 0. The van der Waals surface area contributed by atoms with Crippen LogP contribution in [0.5, 0.6) is 5.75 Å². The SMILES string of the molecule is CC(Oc1ccccc1)C1CCO1. The van der Waals surface area contributed by atoms with E-state index in [1.165, 1.54) is 0 Å². The number of ether oxygens (including phenoxy) is 2. The maximum Gasteiger partial charge on any atom is 0.122 e. The minimum atomic E-state index is 0.163. The fourth-order valence-corrected chi connectivity index (χ4v) is 1.41. The van der Waals surface area contributed by atoms with Crippen molar-refractivity contribution in [3.63, 3.8) is 0 Å². The predicted octanol–water partition coefficient (Wildman–Crippen LogP) is 2.24. The molecule has 1 aromatic carbocycles. The molecule has 0 aliphatic carbocycles. The maximum atomic E-state index is 5.69. The van der Waals surface area contributed by atoms with Crippen molar-refractivity contribution in [2.45, 2.75) is 25.6 Å². The molecule has 1 saturated heterocycles. The Morgan fingerprint density at radius 2 is 2.08 bits per heavy atom. The van der Waals surface area contributed by atoms with Gasteiger partial charge in [-0.25, -0.2) is 0 Å². The van der Waals surface area contributed by atoms with E-state index in [9.17, 15) is 0 Å². The lowest BCUT2D eigenvalue weighted by atomic mass is 10.1. The molecule has 0 saturated carbocycles. The Morgan fingerprint density at radius 1 is 1.38 bits per heavy atom. The van der Waals surface area contributed by atoms with Gasteiger partial charge in [-0.05, 0) is 19.1 Å². The topological polar surface area (TPSA) is 18.5 Å². The Balaban J connectivity index is 1.90. The Labute approximate surface area is 78.5 Å². The van der Waals surface area contributed by atoms with Gasteiger partial charge in [-0.1, -0.05) is 18.2 Å². The van der Waals surface area contributed by atoms with Crippen LogP contribution < -0.4 is 4.74 Å². The van der Waals surface area contributed by atoms with Gasteiger partial charge in [0.1, 0.15) is 11.9 Å². The highest BCUT2D eigenvalue weighted by Crippen LogP contribution is 2.20. The third kappa shape index (κ3) is 2.01. The number of rotatable bonds is 3. The molecule has 2 unspecified atom stereocenters. The van der Waals surface area contributed by atoms with Crippen molar-refractivity contribution in [2.24, 2.45) is 0 Å². The highest BCUT2D eigenvalue weighted by molar-refractivity contribution is 5.21. The van der Waals surface area contributed by atoms with Crippen molar-refractivity contribution < 1.29 is 9.47 Å². The van der Waals surface area contributed by atoms with E-state index in [2.05, 4.69) is 6.92 Å². The van der Waals surface area contributed by atoms with Crippen LogP contribution in [0.2, 0.25) is 0 Å². The van der Waals surface area contributed by atoms with Crippen LogP contribution in [0.1, 0.15) is 13.3 Å². The quantitative estimate of drug-likeness (QED) is 0.706.